The summed E-state index contributed by atoms with van der Waals surface area (Å²) in [5.74, 6) is -0.451. The van der Waals surface area contributed by atoms with E-state index in [2.05, 4.69) is 26.3 Å². The molecule has 1 fully saturated rings. The van der Waals surface area contributed by atoms with Crippen molar-refractivity contribution in [1.29, 1.82) is 5.26 Å². The van der Waals surface area contributed by atoms with Crippen molar-refractivity contribution in [1.82, 2.24) is 25.2 Å². The van der Waals surface area contributed by atoms with Crippen molar-refractivity contribution in [2.45, 2.75) is 51.4 Å². The van der Waals surface area contributed by atoms with Gasteiger partial charge in [-0.1, -0.05) is 24.3 Å². The Bertz CT molecular complexity index is 1370. The van der Waals surface area contributed by atoms with Crippen LogP contribution in [0.3, 0.4) is 0 Å². The normalized spacial score (nSPS) is 17.0. The van der Waals surface area contributed by atoms with Crippen molar-refractivity contribution in [3.63, 3.8) is 0 Å². The standard InChI is InChI=1S/C26H30N6O5/c1-26(2,3)37-25(35)32-9-4-10-36-21(15-32)23(33)29-18(12-27)11-16-5-7-17(8-6-16)19-13-28-14-20-22(19)31-24(34)30-20/h5-8,13-14,18,21H,4,9-11,15H2,1-3H3,(H,29,33)(H2,30,31,34)/t18-,21-/m0/s1. The van der Waals surface area contributed by atoms with Gasteiger partial charge in [-0.15, -0.1) is 0 Å². The molecule has 3 aromatic rings. The van der Waals surface area contributed by atoms with Gasteiger partial charge in [0.05, 0.1) is 29.8 Å². The Morgan fingerprint density at radius 2 is 2.03 bits per heavy atom. The number of pyridine rings is 1. The number of ether oxygens (including phenoxy) is 2. The van der Waals surface area contributed by atoms with Crippen LogP contribution in [0.25, 0.3) is 22.2 Å². The fourth-order valence-electron chi connectivity index (χ4n) is 4.10. The lowest BCUT2D eigenvalue weighted by Crippen LogP contribution is -2.48. The Kier molecular flexibility index (Phi) is 7.59. The second-order valence-electron chi connectivity index (χ2n) is 9.92. The van der Waals surface area contributed by atoms with E-state index in [1.54, 1.807) is 33.2 Å². The first-order chi connectivity index (χ1) is 17.6. The molecule has 1 aliphatic heterocycles. The van der Waals surface area contributed by atoms with Crippen molar-refractivity contribution in [3.8, 4) is 17.2 Å². The first-order valence-electron chi connectivity index (χ1n) is 12.1. The predicted octanol–water partition coefficient (Wildman–Crippen LogP) is 2.50. The Labute approximate surface area is 213 Å². The number of aromatic nitrogens is 3. The summed E-state index contributed by atoms with van der Waals surface area (Å²) in [5.41, 5.74) is 2.79. The van der Waals surface area contributed by atoms with E-state index in [9.17, 15) is 19.6 Å². The monoisotopic (exact) mass is 506 g/mol. The number of fused-ring (bicyclic) bond motifs is 1. The Balaban J connectivity index is 1.40. The molecule has 11 heteroatoms. The number of aromatic amines is 2. The number of hydrogen-bond acceptors (Lipinski definition) is 7. The highest BCUT2D eigenvalue weighted by Crippen LogP contribution is 2.25. The molecule has 0 radical (unpaired) electrons. The third-order valence-electron chi connectivity index (χ3n) is 5.83. The van der Waals surface area contributed by atoms with Crippen LogP contribution in [0.5, 0.6) is 0 Å². The minimum Gasteiger partial charge on any atom is -0.444 e. The minimum absolute atomic E-state index is 0.0500. The van der Waals surface area contributed by atoms with E-state index in [-0.39, 0.29) is 18.7 Å². The molecular weight excluding hydrogens is 476 g/mol. The lowest BCUT2D eigenvalue weighted by Gasteiger charge is -2.27. The van der Waals surface area contributed by atoms with Crippen LogP contribution in [0.2, 0.25) is 0 Å². The van der Waals surface area contributed by atoms with Gasteiger partial charge in [0.25, 0.3) is 5.91 Å². The molecule has 0 saturated carbocycles. The largest absolute Gasteiger partial charge is 0.444 e. The van der Waals surface area contributed by atoms with Crippen LogP contribution in [0.4, 0.5) is 4.79 Å². The van der Waals surface area contributed by atoms with Crippen molar-refractivity contribution in [2.24, 2.45) is 0 Å². The fraction of sp³-hybridized carbons (Fsp3) is 0.423. The number of hydrogen-bond donors (Lipinski definition) is 3. The van der Waals surface area contributed by atoms with Gasteiger partial charge in [0.15, 0.2) is 6.10 Å². The van der Waals surface area contributed by atoms with Gasteiger partial charge < -0.3 is 29.7 Å². The van der Waals surface area contributed by atoms with Gasteiger partial charge in [-0.05, 0) is 38.3 Å². The van der Waals surface area contributed by atoms with Crippen molar-refractivity contribution < 1.29 is 19.1 Å². The lowest BCUT2D eigenvalue weighted by atomic mass is 10.0. The summed E-state index contributed by atoms with van der Waals surface area (Å²) >= 11 is 0. The average Bonchev–Trinajstić information content (AvgIpc) is 3.06. The van der Waals surface area contributed by atoms with Crippen LogP contribution >= 0.6 is 0 Å². The molecule has 1 aliphatic rings. The zero-order valence-electron chi connectivity index (χ0n) is 21.0. The Hall–Kier alpha value is -4.17. The van der Waals surface area contributed by atoms with Gasteiger partial charge in [0.1, 0.15) is 11.6 Å². The van der Waals surface area contributed by atoms with E-state index < -0.39 is 29.7 Å². The molecule has 3 N–H and O–H groups in total. The summed E-state index contributed by atoms with van der Waals surface area (Å²) in [6.07, 6.45) is 2.72. The quantitative estimate of drug-likeness (QED) is 0.480. The molecule has 0 aliphatic carbocycles. The number of carbonyl (C=O) groups excluding carboxylic acids is 2. The van der Waals surface area contributed by atoms with Gasteiger partial charge in [0.2, 0.25) is 0 Å². The van der Waals surface area contributed by atoms with Gasteiger partial charge in [0, 0.05) is 31.3 Å². The van der Waals surface area contributed by atoms with Crippen molar-refractivity contribution in [2.75, 3.05) is 19.7 Å². The third-order valence-corrected chi connectivity index (χ3v) is 5.83. The topological polar surface area (TPSA) is 153 Å². The van der Waals surface area contributed by atoms with Crippen molar-refractivity contribution in [3.05, 3.63) is 52.7 Å². The average molecular weight is 507 g/mol. The van der Waals surface area contributed by atoms with Gasteiger partial charge in [-0.25, -0.2) is 9.59 Å². The third kappa shape index (κ3) is 6.54. The molecule has 194 valence electrons. The maximum absolute atomic E-state index is 12.9. The Morgan fingerprint density at radius 1 is 1.27 bits per heavy atom. The summed E-state index contributed by atoms with van der Waals surface area (Å²) in [5, 5.41) is 12.4. The summed E-state index contributed by atoms with van der Waals surface area (Å²) < 4.78 is 11.1. The molecule has 4 rings (SSSR count). The van der Waals surface area contributed by atoms with E-state index in [1.165, 1.54) is 4.90 Å². The molecule has 1 aromatic carbocycles. The van der Waals surface area contributed by atoms with Crippen molar-refractivity contribution >= 4 is 23.0 Å². The zero-order chi connectivity index (χ0) is 26.6. The van der Waals surface area contributed by atoms with Gasteiger partial charge in [-0.2, -0.15) is 5.26 Å². The molecule has 11 nitrogen and oxygen atoms in total. The highest BCUT2D eigenvalue weighted by Gasteiger charge is 2.31. The number of nitrogens with one attached hydrogen (secondary N) is 3. The number of rotatable bonds is 5. The van der Waals surface area contributed by atoms with E-state index in [4.69, 9.17) is 9.47 Å². The highest BCUT2D eigenvalue weighted by atomic mass is 16.6. The molecule has 0 spiro atoms. The lowest BCUT2D eigenvalue weighted by molar-refractivity contribution is -0.133. The highest BCUT2D eigenvalue weighted by molar-refractivity contribution is 5.90. The van der Waals surface area contributed by atoms with Crippen LogP contribution in [0.15, 0.2) is 41.5 Å². The molecule has 0 unspecified atom stereocenters. The fourth-order valence-corrected chi connectivity index (χ4v) is 4.10. The molecule has 2 aromatic heterocycles. The summed E-state index contributed by atoms with van der Waals surface area (Å²) in [6.45, 7) is 6.15. The maximum atomic E-state index is 12.9. The number of benzene rings is 1. The summed E-state index contributed by atoms with van der Waals surface area (Å²) in [7, 11) is 0. The maximum Gasteiger partial charge on any atom is 0.410 e. The van der Waals surface area contributed by atoms with Gasteiger partial charge >= 0.3 is 11.8 Å². The smallest absolute Gasteiger partial charge is 0.410 e. The van der Waals surface area contributed by atoms with Crippen LogP contribution < -0.4 is 11.0 Å². The molecule has 3 heterocycles. The molecular formula is C26H30N6O5. The molecule has 2 amide bonds. The van der Waals surface area contributed by atoms with Crippen LogP contribution in [-0.4, -0.2) is 69.3 Å². The number of amides is 2. The second kappa shape index (κ2) is 10.8. The second-order valence-corrected chi connectivity index (χ2v) is 9.92. The summed E-state index contributed by atoms with van der Waals surface area (Å²) in [4.78, 5) is 48.2. The Morgan fingerprint density at radius 3 is 2.73 bits per heavy atom. The first kappa shape index (κ1) is 25.9. The number of imidazole rings is 1. The van der Waals surface area contributed by atoms with E-state index >= 15 is 0 Å². The SMILES string of the molecule is CC(C)(C)OC(=O)N1CCCO[C@H](C(=O)N[C@H](C#N)Cc2ccc(-c3cncc4[nH]c(=O)[nH]c34)cc2)C1. The zero-order valence-corrected chi connectivity index (χ0v) is 21.0. The predicted molar refractivity (Wildman–Crippen MR) is 136 cm³/mol. The van der Waals surface area contributed by atoms with Crippen LogP contribution in [-0.2, 0) is 20.7 Å². The van der Waals surface area contributed by atoms with E-state index in [0.717, 1.165) is 16.7 Å². The molecule has 0 bridgehead atoms. The van der Waals surface area contributed by atoms with Crippen LogP contribution in [0.1, 0.15) is 32.8 Å². The molecule has 2 atom stereocenters. The van der Waals surface area contributed by atoms with Gasteiger partial charge in [-0.3, -0.25) is 9.78 Å². The van der Waals surface area contributed by atoms with Crippen LogP contribution in [0, 0.1) is 11.3 Å². The number of carbonyl (C=O) groups is 2. The van der Waals surface area contributed by atoms with E-state index in [1.807, 2.05) is 24.3 Å². The first-order valence-corrected chi connectivity index (χ1v) is 12.1. The molecule has 1 saturated heterocycles. The number of nitriles is 1. The molecule has 37 heavy (non-hydrogen) atoms. The van der Waals surface area contributed by atoms with E-state index in [0.29, 0.717) is 30.6 Å². The number of nitrogens with zero attached hydrogens (tertiary/aromatic N) is 3. The summed E-state index contributed by atoms with van der Waals surface area (Å²) in [6, 6.07) is 8.82. The minimum atomic E-state index is -0.898. The number of H-pyrrole nitrogens is 2.